The van der Waals surface area contributed by atoms with E-state index in [2.05, 4.69) is 0 Å². The van der Waals surface area contributed by atoms with Crippen molar-refractivity contribution in [2.45, 2.75) is 56.3 Å². The van der Waals surface area contributed by atoms with Crippen LogP contribution in [0.3, 0.4) is 0 Å². The maximum atomic E-state index is 13.9. The molecule has 1 saturated heterocycles. The lowest BCUT2D eigenvalue weighted by Crippen LogP contribution is -2.52. The van der Waals surface area contributed by atoms with Crippen LogP contribution in [0, 0.1) is 5.82 Å². The quantitative estimate of drug-likeness (QED) is 0.718. The van der Waals surface area contributed by atoms with Gasteiger partial charge in [-0.05, 0) is 55.0 Å². The molecule has 5 rings (SSSR count). The highest BCUT2D eigenvalue weighted by Gasteiger charge is 2.45. The Hall–Kier alpha value is -2.25. The number of carbonyl (C=O) groups is 1. The molecule has 5 nitrogen and oxygen atoms in total. The Morgan fingerprint density at radius 1 is 1.03 bits per heavy atom. The molecule has 1 aliphatic carbocycles. The number of piperidine rings is 1. The number of Topliss-reactive ketones (excluding diaryl/α,β-unsaturated/α-hetero) is 1. The van der Waals surface area contributed by atoms with Crippen LogP contribution in [0.4, 0.5) is 4.39 Å². The number of hydrogen-bond donors (Lipinski definition) is 0. The fraction of sp³-hybridized carbons (Fsp3) is 0.458. The van der Waals surface area contributed by atoms with E-state index in [-0.39, 0.29) is 36.6 Å². The normalized spacial score (nSPS) is 20.7. The molecule has 0 N–H and O–H groups in total. The molecule has 0 atom stereocenters. The lowest BCUT2D eigenvalue weighted by molar-refractivity contribution is 0.00579. The average Bonchev–Trinajstić information content (AvgIpc) is 2.74. The van der Waals surface area contributed by atoms with E-state index >= 15 is 0 Å². The molecular formula is C24H26FNO4S. The van der Waals surface area contributed by atoms with E-state index in [9.17, 15) is 17.6 Å². The Morgan fingerprint density at radius 3 is 2.42 bits per heavy atom. The summed E-state index contributed by atoms with van der Waals surface area (Å²) in [6.07, 6.45) is 5.50. The van der Waals surface area contributed by atoms with Gasteiger partial charge in [0.2, 0.25) is 10.0 Å². The third kappa shape index (κ3) is 3.89. The molecule has 0 radical (unpaired) electrons. The molecule has 0 aromatic heterocycles. The topological polar surface area (TPSA) is 63.7 Å². The number of fused-ring (bicyclic) bond motifs is 2. The average molecular weight is 444 g/mol. The van der Waals surface area contributed by atoms with Crippen LogP contribution in [0.25, 0.3) is 0 Å². The molecular weight excluding hydrogens is 417 g/mol. The summed E-state index contributed by atoms with van der Waals surface area (Å²) in [6, 6.07) is 9.99. The molecule has 164 valence electrons. The first-order valence-electron chi connectivity index (χ1n) is 10.9. The summed E-state index contributed by atoms with van der Waals surface area (Å²) in [7, 11) is -3.65. The Labute approximate surface area is 182 Å². The van der Waals surface area contributed by atoms with E-state index in [4.69, 9.17) is 4.74 Å². The number of ether oxygens (including phenoxy) is 1. The molecule has 2 aliphatic heterocycles. The number of nitrogens with zero attached hydrogens (tertiary/aromatic N) is 1. The SMILES string of the molecule is O=C1CC2(CCN(S(=O)(=O)Cc3ccccc3F)CC2)Oc2cc3c(cc21)CCCC3. The van der Waals surface area contributed by atoms with Crippen LogP contribution in [0.15, 0.2) is 36.4 Å². The molecule has 31 heavy (non-hydrogen) atoms. The van der Waals surface area contributed by atoms with Crippen LogP contribution in [0.1, 0.15) is 59.2 Å². The van der Waals surface area contributed by atoms with Crippen molar-refractivity contribution in [2.24, 2.45) is 0 Å². The summed E-state index contributed by atoms with van der Waals surface area (Å²) in [6.45, 7) is 0.536. The lowest BCUT2D eigenvalue weighted by Gasteiger charge is -2.43. The number of rotatable bonds is 3. The highest BCUT2D eigenvalue weighted by Crippen LogP contribution is 2.42. The molecule has 0 saturated carbocycles. The molecule has 1 spiro atoms. The molecule has 0 amide bonds. The van der Waals surface area contributed by atoms with Gasteiger partial charge in [0.1, 0.15) is 17.2 Å². The van der Waals surface area contributed by atoms with Crippen molar-refractivity contribution in [1.82, 2.24) is 4.31 Å². The second kappa shape index (κ2) is 7.71. The maximum absolute atomic E-state index is 13.9. The van der Waals surface area contributed by atoms with Gasteiger partial charge in [-0.2, -0.15) is 0 Å². The smallest absolute Gasteiger partial charge is 0.218 e. The van der Waals surface area contributed by atoms with Gasteiger partial charge >= 0.3 is 0 Å². The summed E-state index contributed by atoms with van der Waals surface area (Å²) < 4.78 is 47.4. The largest absolute Gasteiger partial charge is 0.486 e. The van der Waals surface area contributed by atoms with E-state index < -0.39 is 21.4 Å². The van der Waals surface area contributed by atoms with Crippen molar-refractivity contribution in [3.05, 3.63) is 64.5 Å². The van der Waals surface area contributed by atoms with Gasteiger partial charge in [-0.3, -0.25) is 4.79 Å². The first-order valence-corrected chi connectivity index (χ1v) is 12.6. The number of hydrogen-bond acceptors (Lipinski definition) is 4. The minimum atomic E-state index is -3.65. The Morgan fingerprint density at radius 2 is 1.71 bits per heavy atom. The lowest BCUT2D eigenvalue weighted by atomic mass is 9.81. The van der Waals surface area contributed by atoms with Gasteiger partial charge in [0.25, 0.3) is 0 Å². The van der Waals surface area contributed by atoms with Crippen molar-refractivity contribution >= 4 is 15.8 Å². The van der Waals surface area contributed by atoms with Crippen LogP contribution in [-0.2, 0) is 28.6 Å². The van der Waals surface area contributed by atoms with Crippen LogP contribution in [-0.4, -0.2) is 37.2 Å². The van der Waals surface area contributed by atoms with E-state index in [0.29, 0.717) is 24.2 Å². The number of halogens is 1. The second-order valence-electron chi connectivity index (χ2n) is 8.96. The van der Waals surface area contributed by atoms with E-state index in [1.54, 1.807) is 12.1 Å². The maximum Gasteiger partial charge on any atom is 0.218 e. The third-order valence-electron chi connectivity index (χ3n) is 6.88. The van der Waals surface area contributed by atoms with Crippen LogP contribution >= 0.6 is 0 Å². The number of aryl methyl sites for hydroxylation is 2. The monoisotopic (exact) mass is 443 g/mol. The molecule has 2 aromatic rings. The highest BCUT2D eigenvalue weighted by atomic mass is 32.2. The highest BCUT2D eigenvalue weighted by molar-refractivity contribution is 7.88. The summed E-state index contributed by atoms with van der Waals surface area (Å²) in [5.41, 5.74) is 2.70. The standard InChI is InChI=1S/C24H26FNO4S/c25-21-8-4-3-7-19(21)16-31(28,29)26-11-9-24(10-12-26)15-22(27)20-13-17-5-1-2-6-18(17)14-23(20)30-24/h3-4,7-8,13-14H,1-2,5-6,9-12,15-16H2. The van der Waals surface area contributed by atoms with Gasteiger partial charge < -0.3 is 4.74 Å². The second-order valence-corrected chi connectivity index (χ2v) is 10.9. The minimum Gasteiger partial charge on any atom is -0.486 e. The Balaban J connectivity index is 1.32. The zero-order valence-electron chi connectivity index (χ0n) is 17.4. The van der Waals surface area contributed by atoms with Crippen molar-refractivity contribution in [3.63, 3.8) is 0 Å². The Kier molecular flexibility index (Phi) is 5.13. The number of sulfonamides is 1. The van der Waals surface area contributed by atoms with Crippen LogP contribution in [0.2, 0.25) is 0 Å². The zero-order chi connectivity index (χ0) is 21.6. The van der Waals surface area contributed by atoms with E-state index in [1.165, 1.54) is 27.6 Å². The number of benzene rings is 2. The van der Waals surface area contributed by atoms with Gasteiger partial charge in [-0.25, -0.2) is 17.1 Å². The van der Waals surface area contributed by atoms with Gasteiger partial charge in [-0.15, -0.1) is 0 Å². The van der Waals surface area contributed by atoms with Gasteiger partial charge in [0.15, 0.2) is 5.78 Å². The summed E-state index contributed by atoms with van der Waals surface area (Å²) in [5, 5.41) is 0. The number of ketones is 1. The van der Waals surface area contributed by atoms with Crippen LogP contribution in [0.5, 0.6) is 5.75 Å². The van der Waals surface area contributed by atoms with Gasteiger partial charge in [0.05, 0.1) is 17.7 Å². The Bertz CT molecular complexity index is 1140. The predicted molar refractivity (Wildman–Crippen MR) is 115 cm³/mol. The molecule has 3 aliphatic rings. The molecule has 0 unspecified atom stereocenters. The van der Waals surface area contributed by atoms with Crippen LogP contribution < -0.4 is 4.74 Å². The molecule has 2 heterocycles. The first kappa shape index (κ1) is 20.6. The predicted octanol–water partition coefficient (Wildman–Crippen LogP) is 4.03. The van der Waals surface area contributed by atoms with Gasteiger partial charge in [-0.1, -0.05) is 18.2 Å². The van der Waals surface area contributed by atoms with E-state index in [0.717, 1.165) is 25.7 Å². The van der Waals surface area contributed by atoms with Gasteiger partial charge in [0, 0.05) is 31.5 Å². The molecule has 1 fully saturated rings. The summed E-state index contributed by atoms with van der Waals surface area (Å²) in [5.74, 6) is -0.140. The molecule has 0 bridgehead atoms. The fourth-order valence-electron chi connectivity index (χ4n) is 5.08. The zero-order valence-corrected chi connectivity index (χ0v) is 18.2. The van der Waals surface area contributed by atoms with Crippen molar-refractivity contribution in [1.29, 1.82) is 0 Å². The van der Waals surface area contributed by atoms with Crippen molar-refractivity contribution in [3.8, 4) is 5.75 Å². The van der Waals surface area contributed by atoms with Crippen molar-refractivity contribution in [2.75, 3.05) is 13.1 Å². The minimum absolute atomic E-state index is 0.0808. The molecule has 2 aromatic carbocycles. The van der Waals surface area contributed by atoms with E-state index in [1.807, 2.05) is 12.1 Å². The summed E-state index contributed by atoms with van der Waals surface area (Å²) >= 11 is 0. The summed E-state index contributed by atoms with van der Waals surface area (Å²) in [4.78, 5) is 12.9. The van der Waals surface area contributed by atoms with Crippen molar-refractivity contribution < 1.29 is 22.3 Å². The third-order valence-corrected chi connectivity index (χ3v) is 8.70. The first-order chi connectivity index (χ1) is 14.9. The number of carbonyl (C=O) groups excluding carboxylic acids is 1. The molecule has 7 heteroatoms. The fourth-order valence-corrected chi connectivity index (χ4v) is 6.63.